The second kappa shape index (κ2) is 8.15. The molecule has 2 aromatic rings. The van der Waals surface area contributed by atoms with E-state index in [1.807, 2.05) is 13.8 Å². The monoisotopic (exact) mass is 409 g/mol. The number of hydrogen-bond acceptors (Lipinski definition) is 5. The molecule has 134 valence electrons. The number of carbonyl (C=O) groups excluding carboxylic acids is 2. The molecule has 0 aliphatic rings. The van der Waals surface area contributed by atoms with E-state index in [9.17, 15) is 9.59 Å². The number of benzene rings is 1. The SMILES string of the molecule is COc1ccc(C(=O)O[C@H](C)C(=O)Nc2ccnn2C(C)C)cc1Br. The number of nitrogens with one attached hydrogen (secondary N) is 1. The van der Waals surface area contributed by atoms with Gasteiger partial charge in [-0.15, -0.1) is 0 Å². The Labute approximate surface area is 154 Å². The molecule has 2 rings (SSSR count). The fourth-order valence-electron chi connectivity index (χ4n) is 2.13. The van der Waals surface area contributed by atoms with Gasteiger partial charge in [0.05, 0.1) is 23.3 Å². The van der Waals surface area contributed by atoms with Gasteiger partial charge in [-0.05, 0) is 54.9 Å². The summed E-state index contributed by atoms with van der Waals surface area (Å²) in [5.74, 6) is 0.131. The van der Waals surface area contributed by atoms with Crippen molar-refractivity contribution in [2.24, 2.45) is 0 Å². The Kier molecular flexibility index (Phi) is 6.19. The number of rotatable bonds is 6. The number of esters is 1. The van der Waals surface area contributed by atoms with Gasteiger partial charge < -0.3 is 14.8 Å². The third-order valence-electron chi connectivity index (χ3n) is 3.45. The molecule has 7 nitrogen and oxygen atoms in total. The molecular weight excluding hydrogens is 390 g/mol. The standard InChI is InChI=1S/C17H20BrN3O4/c1-10(2)21-15(7-8-19-21)20-16(22)11(3)25-17(23)12-5-6-14(24-4)13(18)9-12/h5-11H,1-4H3,(H,20,22)/t11-/m1/s1. The molecule has 1 aromatic carbocycles. The smallest absolute Gasteiger partial charge is 0.338 e. The lowest BCUT2D eigenvalue weighted by molar-refractivity contribution is -0.123. The lowest BCUT2D eigenvalue weighted by Crippen LogP contribution is -2.31. The van der Waals surface area contributed by atoms with Crippen molar-refractivity contribution in [2.75, 3.05) is 12.4 Å². The van der Waals surface area contributed by atoms with Crippen LogP contribution >= 0.6 is 15.9 Å². The number of carbonyl (C=O) groups is 2. The molecule has 1 amide bonds. The molecular formula is C17H20BrN3O4. The highest BCUT2D eigenvalue weighted by molar-refractivity contribution is 9.10. The van der Waals surface area contributed by atoms with E-state index in [2.05, 4.69) is 26.3 Å². The summed E-state index contributed by atoms with van der Waals surface area (Å²) in [6, 6.07) is 6.59. The van der Waals surface area contributed by atoms with Crippen LogP contribution in [0.25, 0.3) is 0 Å². The van der Waals surface area contributed by atoms with Gasteiger partial charge in [-0.3, -0.25) is 4.79 Å². The predicted octanol–water partition coefficient (Wildman–Crippen LogP) is 3.42. The van der Waals surface area contributed by atoms with Crippen molar-refractivity contribution in [1.82, 2.24) is 9.78 Å². The summed E-state index contributed by atoms with van der Waals surface area (Å²) in [5, 5.41) is 6.85. The van der Waals surface area contributed by atoms with Crippen molar-refractivity contribution >= 4 is 33.6 Å². The average Bonchev–Trinajstić information content (AvgIpc) is 3.02. The second-order valence-electron chi connectivity index (χ2n) is 5.64. The summed E-state index contributed by atoms with van der Waals surface area (Å²) in [6.45, 7) is 5.42. The molecule has 25 heavy (non-hydrogen) atoms. The molecule has 0 saturated carbocycles. The zero-order chi connectivity index (χ0) is 18.6. The summed E-state index contributed by atoms with van der Waals surface area (Å²) in [5.41, 5.74) is 0.319. The van der Waals surface area contributed by atoms with E-state index in [1.54, 1.807) is 35.1 Å². The van der Waals surface area contributed by atoms with E-state index in [1.165, 1.54) is 14.0 Å². The van der Waals surface area contributed by atoms with E-state index < -0.39 is 18.0 Å². The topological polar surface area (TPSA) is 82.4 Å². The highest BCUT2D eigenvalue weighted by Crippen LogP contribution is 2.26. The molecule has 1 N–H and O–H groups in total. The molecule has 0 saturated heterocycles. The van der Waals surface area contributed by atoms with Crippen LogP contribution < -0.4 is 10.1 Å². The molecule has 0 fully saturated rings. The predicted molar refractivity (Wildman–Crippen MR) is 96.8 cm³/mol. The van der Waals surface area contributed by atoms with Gasteiger partial charge in [0.15, 0.2) is 6.10 Å². The number of anilines is 1. The first kappa shape index (κ1) is 19.0. The van der Waals surface area contributed by atoms with Gasteiger partial charge >= 0.3 is 5.97 Å². The number of nitrogens with zero attached hydrogens (tertiary/aromatic N) is 2. The fourth-order valence-corrected chi connectivity index (χ4v) is 2.67. The van der Waals surface area contributed by atoms with Crippen LogP contribution in [0.1, 0.15) is 37.2 Å². The second-order valence-corrected chi connectivity index (χ2v) is 6.50. The molecule has 0 aliphatic heterocycles. The highest BCUT2D eigenvalue weighted by atomic mass is 79.9. The average molecular weight is 410 g/mol. The number of amides is 1. The normalized spacial score (nSPS) is 11.9. The summed E-state index contributed by atoms with van der Waals surface area (Å²) < 4.78 is 12.7. The number of halogens is 1. The first-order chi connectivity index (χ1) is 11.8. The fraction of sp³-hybridized carbons (Fsp3) is 0.353. The molecule has 0 radical (unpaired) electrons. The maximum Gasteiger partial charge on any atom is 0.338 e. The first-order valence-corrected chi connectivity index (χ1v) is 8.51. The minimum absolute atomic E-state index is 0.0970. The summed E-state index contributed by atoms with van der Waals surface area (Å²) >= 11 is 3.31. The van der Waals surface area contributed by atoms with Gasteiger partial charge in [-0.2, -0.15) is 5.10 Å². The van der Waals surface area contributed by atoms with Gasteiger partial charge in [-0.25, -0.2) is 9.48 Å². The van der Waals surface area contributed by atoms with E-state index in [4.69, 9.17) is 9.47 Å². The Morgan fingerprint density at radius 3 is 2.56 bits per heavy atom. The van der Waals surface area contributed by atoms with Gasteiger partial charge in [0.1, 0.15) is 11.6 Å². The molecule has 0 spiro atoms. The Balaban J connectivity index is 2.02. The van der Waals surface area contributed by atoms with Crippen molar-refractivity contribution in [3.63, 3.8) is 0 Å². The minimum Gasteiger partial charge on any atom is -0.496 e. The van der Waals surface area contributed by atoms with E-state index >= 15 is 0 Å². The maximum absolute atomic E-state index is 12.3. The number of ether oxygens (including phenoxy) is 2. The lowest BCUT2D eigenvalue weighted by atomic mass is 10.2. The van der Waals surface area contributed by atoms with E-state index in [0.29, 0.717) is 21.6 Å². The summed E-state index contributed by atoms with van der Waals surface area (Å²) in [4.78, 5) is 24.5. The Morgan fingerprint density at radius 1 is 1.24 bits per heavy atom. The number of hydrogen-bond donors (Lipinski definition) is 1. The lowest BCUT2D eigenvalue weighted by Gasteiger charge is -2.16. The Bertz CT molecular complexity index is 773. The summed E-state index contributed by atoms with van der Waals surface area (Å²) in [7, 11) is 1.53. The molecule has 1 atom stereocenters. The third-order valence-corrected chi connectivity index (χ3v) is 4.07. The van der Waals surface area contributed by atoms with Crippen LogP contribution in [-0.4, -0.2) is 34.9 Å². The van der Waals surface area contributed by atoms with Crippen molar-refractivity contribution < 1.29 is 19.1 Å². The van der Waals surface area contributed by atoms with Crippen LogP contribution in [0.15, 0.2) is 34.9 Å². The number of methoxy groups -OCH3 is 1. The van der Waals surface area contributed by atoms with Crippen LogP contribution in [0, 0.1) is 0 Å². The van der Waals surface area contributed by atoms with Gasteiger partial charge in [0.25, 0.3) is 5.91 Å². The molecule has 1 aromatic heterocycles. The Hall–Kier alpha value is -2.35. The third kappa shape index (κ3) is 4.60. The van der Waals surface area contributed by atoms with Crippen LogP contribution in [0.2, 0.25) is 0 Å². The molecule has 8 heteroatoms. The van der Waals surface area contributed by atoms with Crippen LogP contribution in [-0.2, 0) is 9.53 Å². The van der Waals surface area contributed by atoms with Gasteiger partial charge in [-0.1, -0.05) is 0 Å². The highest BCUT2D eigenvalue weighted by Gasteiger charge is 2.21. The minimum atomic E-state index is -0.955. The Morgan fingerprint density at radius 2 is 1.96 bits per heavy atom. The quantitative estimate of drug-likeness (QED) is 0.738. The van der Waals surface area contributed by atoms with E-state index in [-0.39, 0.29) is 6.04 Å². The van der Waals surface area contributed by atoms with Crippen molar-refractivity contribution in [2.45, 2.75) is 32.9 Å². The zero-order valence-corrected chi connectivity index (χ0v) is 16.0. The molecule has 1 heterocycles. The van der Waals surface area contributed by atoms with Crippen LogP contribution in [0.3, 0.4) is 0 Å². The van der Waals surface area contributed by atoms with Crippen molar-refractivity contribution in [3.8, 4) is 5.75 Å². The van der Waals surface area contributed by atoms with Gasteiger partial charge in [0.2, 0.25) is 0 Å². The molecule has 0 bridgehead atoms. The van der Waals surface area contributed by atoms with Crippen LogP contribution in [0.4, 0.5) is 5.82 Å². The van der Waals surface area contributed by atoms with E-state index in [0.717, 1.165) is 0 Å². The molecule has 0 aliphatic carbocycles. The van der Waals surface area contributed by atoms with Crippen molar-refractivity contribution in [1.29, 1.82) is 0 Å². The maximum atomic E-state index is 12.3. The summed E-state index contributed by atoms with van der Waals surface area (Å²) in [6.07, 6.45) is 0.644. The number of aromatic nitrogens is 2. The van der Waals surface area contributed by atoms with Crippen molar-refractivity contribution in [3.05, 3.63) is 40.5 Å². The van der Waals surface area contributed by atoms with Crippen LogP contribution in [0.5, 0.6) is 5.75 Å². The molecule has 0 unspecified atom stereocenters. The zero-order valence-electron chi connectivity index (χ0n) is 14.4. The van der Waals surface area contributed by atoms with Gasteiger partial charge in [0, 0.05) is 12.1 Å². The largest absolute Gasteiger partial charge is 0.496 e. The first-order valence-electron chi connectivity index (χ1n) is 7.72.